The number of hydrogen-bond acceptors (Lipinski definition) is 4. The predicted molar refractivity (Wildman–Crippen MR) is 70.4 cm³/mol. The second kappa shape index (κ2) is 4.39. The minimum absolute atomic E-state index is 0.258. The number of para-hydroxylation sites is 1. The Morgan fingerprint density at radius 3 is 2.53 bits per heavy atom. The van der Waals surface area contributed by atoms with Crippen molar-refractivity contribution in [3.05, 3.63) is 64.4 Å². The summed E-state index contributed by atoms with van der Waals surface area (Å²) in [6.45, 7) is 0. The summed E-state index contributed by atoms with van der Waals surface area (Å²) in [6, 6.07) is 15.7. The Labute approximate surface area is 108 Å². The second-order valence-electron chi connectivity index (χ2n) is 4.01. The molecular formula is C15H8N2O2. The van der Waals surface area contributed by atoms with Gasteiger partial charge in [0.25, 0.3) is 5.56 Å². The van der Waals surface area contributed by atoms with Gasteiger partial charge < -0.3 is 4.42 Å². The van der Waals surface area contributed by atoms with E-state index in [1.165, 1.54) is 0 Å². The van der Waals surface area contributed by atoms with Gasteiger partial charge in [-0.3, -0.25) is 4.79 Å². The molecule has 0 amide bonds. The lowest BCUT2D eigenvalue weighted by atomic mass is 10.1. The van der Waals surface area contributed by atoms with Gasteiger partial charge in [-0.2, -0.15) is 10.2 Å². The Balaban J connectivity index is 2.20. The van der Waals surface area contributed by atoms with Crippen molar-refractivity contribution in [3.63, 3.8) is 0 Å². The van der Waals surface area contributed by atoms with Crippen LogP contribution in [0.3, 0.4) is 0 Å². The van der Waals surface area contributed by atoms with Crippen LogP contribution in [0.15, 0.2) is 57.7 Å². The quantitative estimate of drug-likeness (QED) is 0.664. The van der Waals surface area contributed by atoms with Crippen LogP contribution in [-0.4, -0.2) is 4.98 Å². The maximum Gasteiger partial charge on any atom is 0.284 e. The van der Waals surface area contributed by atoms with Crippen molar-refractivity contribution in [1.29, 1.82) is 5.26 Å². The zero-order valence-electron chi connectivity index (χ0n) is 9.83. The summed E-state index contributed by atoms with van der Waals surface area (Å²) in [5, 5.41) is 9.20. The van der Waals surface area contributed by atoms with E-state index in [2.05, 4.69) is 4.98 Å². The highest BCUT2D eigenvalue weighted by molar-refractivity contribution is 5.76. The van der Waals surface area contributed by atoms with Crippen molar-refractivity contribution < 1.29 is 4.42 Å². The maximum atomic E-state index is 11.9. The number of rotatable bonds is 1. The van der Waals surface area contributed by atoms with Crippen molar-refractivity contribution in [1.82, 2.24) is 4.98 Å². The summed E-state index contributed by atoms with van der Waals surface area (Å²) in [4.78, 5) is 15.8. The van der Waals surface area contributed by atoms with E-state index in [1.807, 2.05) is 6.07 Å². The number of benzene rings is 2. The van der Waals surface area contributed by atoms with E-state index in [9.17, 15) is 4.79 Å². The van der Waals surface area contributed by atoms with Crippen molar-refractivity contribution in [2.24, 2.45) is 0 Å². The van der Waals surface area contributed by atoms with E-state index >= 15 is 0 Å². The van der Waals surface area contributed by atoms with Crippen LogP contribution in [0.5, 0.6) is 0 Å². The molecule has 0 saturated carbocycles. The van der Waals surface area contributed by atoms with Crippen LogP contribution in [-0.2, 0) is 0 Å². The van der Waals surface area contributed by atoms with Gasteiger partial charge in [-0.15, -0.1) is 0 Å². The number of hydrogen-bond donors (Lipinski definition) is 0. The molecule has 3 aromatic rings. The lowest BCUT2D eigenvalue weighted by molar-refractivity contribution is 0.595. The van der Waals surface area contributed by atoms with Crippen LogP contribution in [0.1, 0.15) is 5.56 Å². The van der Waals surface area contributed by atoms with Gasteiger partial charge in [-0.05, 0) is 36.4 Å². The number of fused-ring (bicyclic) bond motifs is 1. The van der Waals surface area contributed by atoms with E-state index in [4.69, 9.17) is 9.68 Å². The zero-order valence-corrected chi connectivity index (χ0v) is 9.83. The van der Waals surface area contributed by atoms with Gasteiger partial charge in [0.05, 0.1) is 17.0 Å². The van der Waals surface area contributed by atoms with Gasteiger partial charge in [0.2, 0.25) is 5.89 Å². The van der Waals surface area contributed by atoms with E-state index in [1.54, 1.807) is 48.5 Å². The Hall–Kier alpha value is -2.93. The highest BCUT2D eigenvalue weighted by Gasteiger charge is 2.07. The Morgan fingerprint density at radius 1 is 1.05 bits per heavy atom. The highest BCUT2D eigenvalue weighted by atomic mass is 16.3. The minimum atomic E-state index is -0.318. The molecule has 3 rings (SSSR count). The zero-order chi connectivity index (χ0) is 13.2. The molecule has 0 aliphatic rings. The molecule has 0 aliphatic carbocycles. The summed E-state index contributed by atoms with van der Waals surface area (Å²) in [7, 11) is 0. The predicted octanol–water partition coefficient (Wildman–Crippen LogP) is 2.73. The topological polar surface area (TPSA) is 66.9 Å². The van der Waals surface area contributed by atoms with Crippen LogP contribution in [0.2, 0.25) is 0 Å². The van der Waals surface area contributed by atoms with Gasteiger partial charge in [-0.25, -0.2) is 0 Å². The number of aromatic nitrogens is 1. The van der Waals surface area contributed by atoms with E-state index in [0.29, 0.717) is 22.1 Å². The second-order valence-corrected chi connectivity index (χ2v) is 4.01. The molecule has 0 fully saturated rings. The lowest BCUT2D eigenvalue weighted by Crippen LogP contribution is -2.06. The Bertz CT molecular complexity index is 842. The fourth-order valence-corrected chi connectivity index (χ4v) is 1.82. The largest absolute Gasteiger partial charge is 0.437 e. The standard InChI is InChI=1S/C15H8N2O2/c16-9-10-5-7-11(8-6-10)15-17-14(18)12-3-1-2-4-13(12)19-15/h1-8H. The Kier molecular flexibility index (Phi) is 2.58. The van der Waals surface area contributed by atoms with Crippen molar-refractivity contribution in [2.45, 2.75) is 0 Å². The maximum absolute atomic E-state index is 11.9. The molecule has 0 spiro atoms. The number of nitrogens with zero attached hydrogens (tertiary/aromatic N) is 2. The van der Waals surface area contributed by atoms with Crippen LogP contribution in [0, 0.1) is 11.3 Å². The monoisotopic (exact) mass is 248 g/mol. The number of nitriles is 1. The molecule has 0 unspecified atom stereocenters. The summed E-state index contributed by atoms with van der Waals surface area (Å²) < 4.78 is 5.61. The van der Waals surface area contributed by atoms with Gasteiger partial charge in [0.1, 0.15) is 5.58 Å². The summed E-state index contributed by atoms with van der Waals surface area (Å²) in [5.74, 6) is 0.258. The molecule has 19 heavy (non-hydrogen) atoms. The van der Waals surface area contributed by atoms with Gasteiger partial charge in [0.15, 0.2) is 0 Å². The van der Waals surface area contributed by atoms with E-state index in [0.717, 1.165) is 0 Å². The molecule has 1 heterocycles. The molecule has 1 aromatic heterocycles. The molecule has 0 N–H and O–H groups in total. The first-order valence-corrected chi connectivity index (χ1v) is 5.68. The Morgan fingerprint density at radius 2 is 1.79 bits per heavy atom. The molecule has 0 atom stereocenters. The summed E-state index contributed by atoms with van der Waals surface area (Å²) in [6.07, 6.45) is 0. The summed E-state index contributed by atoms with van der Waals surface area (Å²) in [5.41, 5.74) is 1.40. The van der Waals surface area contributed by atoms with Gasteiger partial charge >= 0.3 is 0 Å². The first-order chi connectivity index (χ1) is 9.28. The molecule has 0 aliphatic heterocycles. The van der Waals surface area contributed by atoms with Crippen LogP contribution >= 0.6 is 0 Å². The average Bonchev–Trinajstić information content (AvgIpc) is 2.47. The third kappa shape index (κ3) is 1.98. The van der Waals surface area contributed by atoms with E-state index in [-0.39, 0.29) is 11.4 Å². The van der Waals surface area contributed by atoms with Crippen LogP contribution < -0.4 is 5.56 Å². The molecule has 4 nitrogen and oxygen atoms in total. The highest BCUT2D eigenvalue weighted by Crippen LogP contribution is 2.20. The third-order valence-electron chi connectivity index (χ3n) is 2.79. The van der Waals surface area contributed by atoms with Crippen molar-refractivity contribution >= 4 is 11.0 Å². The van der Waals surface area contributed by atoms with Crippen LogP contribution in [0.25, 0.3) is 22.4 Å². The van der Waals surface area contributed by atoms with Gasteiger partial charge in [-0.1, -0.05) is 12.1 Å². The molecule has 2 aromatic carbocycles. The van der Waals surface area contributed by atoms with Crippen molar-refractivity contribution in [3.8, 4) is 17.5 Å². The molecule has 0 saturated heterocycles. The van der Waals surface area contributed by atoms with Gasteiger partial charge in [0, 0.05) is 5.56 Å². The average molecular weight is 248 g/mol. The molecule has 4 heteroatoms. The lowest BCUT2D eigenvalue weighted by Gasteiger charge is -2.01. The summed E-state index contributed by atoms with van der Waals surface area (Å²) >= 11 is 0. The van der Waals surface area contributed by atoms with Crippen molar-refractivity contribution in [2.75, 3.05) is 0 Å². The normalized spacial score (nSPS) is 10.3. The molecule has 0 bridgehead atoms. The fourth-order valence-electron chi connectivity index (χ4n) is 1.82. The fraction of sp³-hybridized carbons (Fsp3) is 0. The smallest absolute Gasteiger partial charge is 0.284 e. The SMILES string of the molecule is N#Cc1ccc(-c2nc(=O)c3ccccc3o2)cc1. The molecule has 0 radical (unpaired) electrons. The minimum Gasteiger partial charge on any atom is -0.437 e. The molecular weight excluding hydrogens is 240 g/mol. The van der Waals surface area contributed by atoms with E-state index < -0.39 is 0 Å². The third-order valence-corrected chi connectivity index (χ3v) is 2.79. The van der Waals surface area contributed by atoms with Crippen LogP contribution in [0.4, 0.5) is 0 Å². The first-order valence-electron chi connectivity index (χ1n) is 5.68. The first kappa shape index (κ1) is 11.2. The molecule has 90 valence electrons.